The lowest BCUT2D eigenvalue weighted by Crippen LogP contribution is -2.30. The van der Waals surface area contributed by atoms with Crippen molar-refractivity contribution in [2.75, 3.05) is 39.6 Å². The molecule has 0 rings (SSSR count). The number of hydrogen-bond donors (Lipinski definition) is 3. The average molecular weight is 1600 g/mol. The Morgan fingerprint density at radius 1 is 0.259 bits per heavy atom. The summed E-state index contributed by atoms with van der Waals surface area (Å²) in [5.41, 5.74) is 0. The molecule has 0 saturated heterocycles. The highest BCUT2D eigenvalue weighted by atomic mass is 31.2. The van der Waals surface area contributed by atoms with Crippen LogP contribution in [0.1, 0.15) is 310 Å². The van der Waals surface area contributed by atoms with Crippen molar-refractivity contribution >= 4 is 39.5 Å². The number of hydrogen-bond acceptors (Lipinski definition) is 15. The van der Waals surface area contributed by atoms with E-state index in [0.717, 1.165) is 141 Å². The van der Waals surface area contributed by atoms with Gasteiger partial charge >= 0.3 is 39.5 Å². The van der Waals surface area contributed by atoms with Gasteiger partial charge in [-0.15, -0.1) is 0 Å². The summed E-state index contributed by atoms with van der Waals surface area (Å²) in [5.74, 6) is -2.43. The third-order valence-electron chi connectivity index (χ3n) is 17.0. The number of ether oxygens (including phenoxy) is 4. The quantitative estimate of drug-likeness (QED) is 0.0169. The molecule has 0 aromatic carbocycles. The van der Waals surface area contributed by atoms with Gasteiger partial charge in [-0.05, 0) is 173 Å². The van der Waals surface area contributed by atoms with Gasteiger partial charge in [0, 0.05) is 25.7 Å². The van der Waals surface area contributed by atoms with Crippen LogP contribution < -0.4 is 0 Å². The molecule has 0 aromatic rings. The molecule has 0 aromatic heterocycles. The lowest BCUT2D eigenvalue weighted by molar-refractivity contribution is -0.161. The number of aliphatic hydroxyl groups excluding tert-OH is 1. The van der Waals surface area contributed by atoms with Crippen LogP contribution in [0.25, 0.3) is 0 Å². The van der Waals surface area contributed by atoms with Crippen LogP contribution in [0.4, 0.5) is 0 Å². The number of esters is 4. The first-order chi connectivity index (χ1) is 54.7. The van der Waals surface area contributed by atoms with E-state index in [4.69, 9.17) is 37.0 Å². The van der Waals surface area contributed by atoms with Crippen molar-refractivity contribution in [2.45, 2.75) is 329 Å². The lowest BCUT2D eigenvalue weighted by Gasteiger charge is -2.21. The van der Waals surface area contributed by atoms with Gasteiger partial charge in [0.15, 0.2) is 12.2 Å². The van der Waals surface area contributed by atoms with Crippen LogP contribution in [0.3, 0.4) is 0 Å². The van der Waals surface area contributed by atoms with E-state index in [1.54, 1.807) is 0 Å². The van der Waals surface area contributed by atoms with Crippen LogP contribution in [0.5, 0.6) is 0 Å². The summed E-state index contributed by atoms with van der Waals surface area (Å²) in [7, 11) is -10.0. The van der Waals surface area contributed by atoms with Crippen LogP contribution in [0, 0.1) is 0 Å². The number of carbonyl (C=O) groups excluding carboxylic acids is 4. The molecule has 3 N–H and O–H groups in total. The zero-order chi connectivity index (χ0) is 81.7. The predicted octanol–water partition coefficient (Wildman–Crippen LogP) is 25.7. The second-order valence-electron chi connectivity index (χ2n) is 27.7. The van der Waals surface area contributed by atoms with Crippen LogP contribution >= 0.6 is 15.6 Å². The zero-order valence-electron chi connectivity index (χ0n) is 69.5. The highest BCUT2D eigenvalue weighted by Gasteiger charge is 2.30. The van der Waals surface area contributed by atoms with Crippen LogP contribution in [-0.4, -0.2) is 96.7 Å². The van der Waals surface area contributed by atoms with Crippen molar-refractivity contribution in [3.8, 4) is 0 Å². The van der Waals surface area contributed by atoms with Crippen molar-refractivity contribution in [1.82, 2.24) is 0 Å². The van der Waals surface area contributed by atoms with E-state index in [1.807, 2.05) is 36.5 Å². The van der Waals surface area contributed by atoms with Gasteiger partial charge in [0.05, 0.1) is 26.4 Å². The van der Waals surface area contributed by atoms with Crippen LogP contribution in [-0.2, 0) is 65.4 Å². The van der Waals surface area contributed by atoms with Crippen molar-refractivity contribution < 1.29 is 80.2 Å². The van der Waals surface area contributed by atoms with Gasteiger partial charge in [-0.1, -0.05) is 306 Å². The maximum Gasteiger partial charge on any atom is 0.472 e. The van der Waals surface area contributed by atoms with E-state index in [-0.39, 0.29) is 25.7 Å². The summed E-state index contributed by atoms with van der Waals surface area (Å²) < 4.78 is 68.6. The first kappa shape index (κ1) is 106. The Kier molecular flexibility index (Phi) is 78.4. The third kappa shape index (κ3) is 81.9. The minimum atomic E-state index is -5.03. The standard InChI is InChI=1S/C93H150O17P2/c1-5-9-13-17-21-25-29-33-37-40-43-46-50-54-58-62-66-70-74-78-91(96)104-84-89(110-93(98)80-76-72-68-64-60-56-52-48-45-42-39-35-31-27-23-19-15-11-7-3)86-108-112(101,102)106-82-87(94)81-105-111(99,100)107-85-88(83-103-90(95)77-73-69-65-61-57-53-49-36-32-28-24-20-16-12-8-4)109-92(97)79-75-71-67-63-59-55-51-47-44-41-38-34-30-26-22-18-14-10-6-2/h10,14,21-23,25-27,33-39,43-49,54-56,58-60,66,68,70,72,87-89,94H,5-9,11-13,15-20,24,28-32,40-42,50-53,57,61-65,67,69,71,73-86H2,1-4H3,(H,99,100)(H,101,102)/b14-10-,25-21-,26-22-,27-23-,37-33-,38-34-,39-35-,46-43-,47-44-,48-45-,49-36-,58-54-,59-55-,60-56-,70-66-,72-68-/t87-,88+,89+/m0/s1. The van der Waals surface area contributed by atoms with Gasteiger partial charge in [0.1, 0.15) is 19.3 Å². The van der Waals surface area contributed by atoms with E-state index < -0.39 is 97.5 Å². The van der Waals surface area contributed by atoms with Crippen LogP contribution in [0.2, 0.25) is 0 Å². The van der Waals surface area contributed by atoms with Crippen molar-refractivity contribution in [3.05, 3.63) is 194 Å². The molecule has 0 fully saturated rings. The molecule has 2 unspecified atom stereocenters. The average Bonchev–Trinajstić information content (AvgIpc) is 0.897. The molecule has 112 heavy (non-hydrogen) atoms. The summed E-state index contributed by atoms with van der Waals surface area (Å²) >= 11 is 0. The second kappa shape index (κ2) is 82.9. The number of unbranched alkanes of at least 4 members (excludes halogenated alkanes) is 20. The second-order valence-corrected chi connectivity index (χ2v) is 30.6. The zero-order valence-corrected chi connectivity index (χ0v) is 71.3. The molecule has 0 aliphatic carbocycles. The Bertz CT molecular complexity index is 2890. The summed E-state index contributed by atoms with van der Waals surface area (Å²) in [4.78, 5) is 73.2. The summed E-state index contributed by atoms with van der Waals surface area (Å²) in [6, 6.07) is 0. The van der Waals surface area contributed by atoms with E-state index in [2.05, 4.69) is 186 Å². The summed E-state index contributed by atoms with van der Waals surface area (Å²) in [5, 5.41) is 10.7. The number of phosphoric ester groups is 2. The van der Waals surface area contributed by atoms with Crippen molar-refractivity contribution in [1.29, 1.82) is 0 Å². The van der Waals surface area contributed by atoms with Gasteiger partial charge in [-0.3, -0.25) is 37.3 Å². The summed E-state index contributed by atoms with van der Waals surface area (Å²) in [6.45, 7) is 4.48. The topological polar surface area (TPSA) is 237 Å². The predicted molar refractivity (Wildman–Crippen MR) is 463 cm³/mol. The lowest BCUT2D eigenvalue weighted by atomic mass is 10.1. The van der Waals surface area contributed by atoms with E-state index in [0.29, 0.717) is 38.5 Å². The fraction of sp³-hybridized carbons (Fsp3) is 0.613. The van der Waals surface area contributed by atoms with Crippen molar-refractivity contribution in [3.63, 3.8) is 0 Å². The molecular weight excluding hydrogens is 1450 g/mol. The summed E-state index contributed by atoms with van der Waals surface area (Å²) in [6.07, 6.45) is 103. The van der Waals surface area contributed by atoms with E-state index in [9.17, 15) is 43.2 Å². The number of aliphatic hydroxyl groups is 1. The first-order valence-electron chi connectivity index (χ1n) is 42.7. The number of phosphoric acid groups is 2. The van der Waals surface area contributed by atoms with Gasteiger partial charge < -0.3 is 33.8 Å². The van der Waals surface area contributed by atoms with Crippen LogP contribution in [0.15, 0.2) is 194 Å². The van der Waals surface area contributed by atoms with Gasteiger partial charge in [0.2, 0.25) is 0 Å². The maximum absolute atomic E-state index is 13.1. The Morgan fingerprint density at radius 2 is 0.482 bits per heavy atom. The Morgan fingerprint density at radius 3 is 0.821 bits per heavy atom. The third-order valence-corrected chi connectivity index (χ3v) is 18.9. The molecule has 0 spiro atoms. The molecule has 0 heterocycles. The molecule has 0 bridgehead atoms. The molecule has 0 radical (unpaired) electrons. The molecular formula is C93H150O17P2. The highest BCUT2D eigenvalue weighted by Crippen LogP contribution is 2.45. The monoisotopic (exact) mass is 1600 g/mol. The molecule has 17 nitrogen and oxygen atoms in total. The minimum Gasteiger partial charge on any atom is -0.462 e. The molecule has 0 aliphatic heterocycles. The molecule has 0 aliphatic rings. The highest BCUT2D eigenvalue weighted by molar-refractivity contribution is 7.47. The molecule has 0 amide bonds. The SMILES string of the molecule is CC/C=C\C/C=C\C/C=C\C/C=C\C/C=C\CCCCCC(=O)O[C@H](COC(=O)CCCCCCC/C=C\CCCCCCCC)COP(=O)(O)OC[C@H](O)COP(=O)(O)OC[C@@H](COC(=O)CC/C=C\C/C=C\C/C=C\C/C=C\C/C=C\CCCCC)OC(=O)CC/C=C\C/C=C\C/C=C\C/C=C\C/C=C\CCCCC. The van der Waals surface area contributed by atoms with Gasteiger partial charge in [0.25, 0.3) is 0 Å². The molecule has 0 saturated carbocycles. The number of carbonyl (C=O) groups is 4. The largest absolute Gasteiger partial charge is 0.472 e. The smallest absolute Gasteiger partial charge is 0.462 e. The Hall–Kier alpha value is -6.10. The number of allylic oxidation sites excluding steroid dienone is 32. The first-order valence-corrected chi connectivity index (χ1v) is 45.7. The number of rotatable bonds is 78. The molecule has 5 atom stereocenters. The van der Waals surface area contributed by atoms with E-state index >= 15 is 0 Å². The Labute approximate surface area is 678 Å². The maximum atomic E-state index is 13.1. The minimum absolute atomic E-state index is 0.0143. The fourth-order valence-corrected chi connectivity index (χ4v) is 12.1. The van der Waals surface area contributed by atoms with Gasteiger partial charge in [-0.25, -0.2) is 9.13 Å². The molecule has 19 heteroatoms. The van der Waals surface area contributed by atoms with Crippen molar-refractivity contribution in [2.24, 2.45) is 0 Å². The fourth-order valence-electron chi connectivity index (χ4n) is 10.6. The van der Waals surface area contributed by atoms with E-state index in [1.165, 1.54) is 77.0 Å². The molecule has 634 valence electrons. The normalized spacial score (nSPS) is 14.7. The van der Waals surface area contributed by atoms with Gasteiger partial charge in [-0.2, -0.15) is 0 Å². The Balaban J connectivity index is 5.58.